The average molecular weight is 326 g/mol. The zero-order valence-electron chi connectivity index (χ0n) is 13.0. The first kappa shape index (κ1) is 15.5. The van der Waals surface area contributed by atoms with Gasteiger partial charge in [-0.2, -0.15) is 0 Å². The summed E-state index contributed by atoms with van der Waals surface area (Å²) in [5.41, 5.74) is 1.08. The molecule has 0 N–H and O–H groups in total. The van der Waals surface area contributed by atoms with Crippen LogP contribution in [0.25, 0.3) is 5.69 Å². The third-order valence-electron chi connectivity index (χ3n) is 3.25. The predicted octanol–water partition coefficient (Wildman–Crippen LogP) is 1.90. The van der Waals surface area contributed by atoms with Gasteiger partial charge in [0.25, 0.3) is 0 Å². The molecule has 1 aromatic heterocycles. The van der Waals surface area contributed by atoms with Gasteiger partial charge >= 0.3 is 5.97 Å². The number of ether oxygens (including phenoxy) is 3. The van der Waals surface area contributed by atoms with Crippen molar-refractivity contribution in [2.45, 2.75) is 0 Å². The lowest BCUT2D eigenvalue weighted by atomic mass is 10.2. The SMILES string of the molecule is COc1cc(OC)cc(C(=O)Oc2ccc(-n3cnnn3)cc2)c1. The van der Waals surface area contributed by atoms with Gasteiger partial charge in [0.2, 0.25) is 0 Å². The minimum atomic E-state index is -0.512. The van der Waals surface area contributed by atoms with Crippen molar-refractivity contribution in [2.24, 2.45) is 0 Å². The van der Waals surface area contributed by atoms with Crippen LogP contribution in [0.5, 0.6) is 17.2 Å². The van der Waals surface area contributed by atoms with Crippen LogP contribution in [0.15, 0.2) is 48.8 Å². The number of tetrazole rings is 1. The fourth-order valence-electron chi connectivity index (χ4n) is 2.04. The molecule has 122 valence electrons. The Morgan fingerprint density at radius 2 is 1.62 bits per heavy atom. The summed E-state index contributed by atoms with van der Waals surface area (Å²) in [6.45, 7) is 0. The summed E-state index contributed by atoms with van der Waals surface area (Å²) in [4.78, 5) is 12.3. The highest BCUT2D eigenvalue weighted by molar-refractivity contribution is 5.92. The Bertz CT molecular complexity index is 810. The number of benzene rings is 2. The number of esters is 1. The molecule has 0 bridgehead atoms. The number of rotatable bonds is 5. The normalized spacial score (nSPS) is 10.2. The lowest BCUT2D eigenvalue weighted by molar-refractivity contribution is 0.0734. The summed E-state index contributed by atoms with van der Waals surface area (Å²) >= 11 is 0. The van der Waals surface area contributed by atoms with E-state index in [1.807, 2.05) is 0 Å². The van der Waals surface area contributed by atoms with Crippen LogP contribution in [-0.4, -0.2) is 40.4 Å². The van der Waals surface area contributed by atoms with Gasteiger partial charge in [-0.1, -0.05) is 0 Å². The van der Waals surface area contributed by atoms with E-state index in [2.05, 4.69) is 15.5 Å². The minimum Gasteiger partial charge on any atom is -0.497 e. The van der Waals surface area contributed by atoms with Crippen molar-refractivity contribution < 1.29 is 19.0 Å². The number of carbonyl (C=O) groups excluding carboxylic acids is 1. The summed E-state index contributed by atoms with van der Waals surface area (Å²) < 4.78 is 17.2. The van der Waals surface area contributed by atoms with Crippen LogP contribution in [0.4, 0.5) is 0 Å². The fourth-order valence-corrected chi connectivity index (χ4v) is 2.04. The zero-order valence-corrected chi connectivity index (χ0v) is 13.0. The van der Waals surface area contributed by atoms with Gasteiger partial charge < -0.3 is 14.2 Å². The van der Waals surface area contributed by atoms with E-state index in [0.717, 1.165) is 5.69 Å². The van der Waals surface area contributed by atoms with E-state index in [1.54, 1.807) is 42.5 Å². The molecule has 0 aliphatic heterocycles. The number of methoxy groups -OCH3 is 2. The molecular weight excluding hydrogens is 312 g/mol. The second-order valence-electron chi connectivity index (χ2n) is 4.74. The topological polar surface area (TPSA) is 88.4 Å². The Labute approximate surface area is 137 Å². The van der Waals surface area contributed by atoms with Crippen molar-refractivity contribution in [3.05, 3.63) is 54.4 Å². The number of nitrogens with zero attached hydrogens (tertiary/aromatic N) is 4. The molecule has 0 amide bonds. The van der Waals surface area contributed by atoms with Crippen LogP contribution in [0.1, 0.15) is 10.4 Å². The quantitative estimate of drug-likeness (QED) is 0.522. The van der Waals surface area contributed by atoms with E-state index in [9.17, 15) is 4.79 Å². The van der Waals surface area contributed by atoms with Gasteiger partial charge in [-0.15, -0.1) is 5.10 Å². The van der Waals surface area contributed by atoms with E-state index in [4.69, 9.17) is 14.2 Å². The molecule has 2 aromatic carbocycles. The first-order valence-corrected chi connectivity index (χ1v) is 6.98. The molecule has 3 aromatic rings. The van der Waals surface area contributed by atoms with Gasteiger partial charge in [-0.05, 0) is 46.8 Å². The maximum Gasteiger partial charge on any atom is 0.343 e. The first-order valence-electron chi connectivity index (χ1n) is 6.98. The van der Waals surface area contributed by atoms with E-state index in [-0.39, 0.29) is 0 Å². The van der Waals surface area contributed by atoms with Crippen LogP contribution in [0.3, 0.4) is 0 Å². The van der Waals surface area contributed by atoms with Crippen LogP contribution in [0.2, 0.25) is 0 Å². The summed E-state index contributed by atoms with van der Waals surface area (Å²) in [5, 5.41) is 10.9. The highest BCUT2D eigenvalue weighted by Gasteiger charge is 2.12. The molecule has 0 radical (unpaired) electrons. The third-order valence-corrected chi connectivity index (χ3v) is 3.25. The van der Waals surface area contributed by atoms with Gasteiger partial charge in [0.05, 0.1) is 25.5 Å². The molecule has 1 heterocycles. The molecule has 0 saturated heterocycles. The van der Waals surface area contributed by atoms with Crippen molar-refractivity contribution in [2.75, 3.05) is 14.2 Å². The zero-order chi connectivity index (χ0) is 16.9. The largest absolute Gasteiger partial charge is 0.497 e. The Morgan fingerprint density at radius 3 is 2.17 bits per heavy atom. The van der Waals surface area contributed by atoms with E-state index in [0.29, 0.717) is 22.8 Å². The molecule has 8 nitrogen and oxygen atoms in total. The second-order valence-corrected chi connectivity index (χ2v) is 4.74. The molecule has 0 unspecified atom stereocenters. The summed E-state index contributed by atoms with van der Waals surface area (Å²) in [7, 11) is 3.03. The van der Waals surface area contributed by atoms with Crippen LogP contribution in [-0.2, 0) is 0 Å². The van der Waals surface area contributed by atoms with Gasteiger partial charge in [-0.3, -0.25) is 0 Å². The lowest BCUT2D eigenvalue weighted by Crippen LogP contribution is -2.09. The molecule has 0 spiro atoms. The molecule has 0 saturated carbocycles. The molecular formula is C16H14N4O4. The molecule has 8 heteroatoms. The van der Waals surface area contributed by atoms with Crippen molar-refractivity contribution in [3.63, 3.8) is 0 Å². The molecule has 0 aliphatic carbocycles. The smallest absolute Gasteiger partial charge is 0.343 e. The number of hydrogen-bond donors (Lipinski definition) is 0. The van der Waals surface area contributed by atoms with E-state index >= 15 is 0 Å². The molecule has 24 heavy (non-hydrogen) atoms. The standard InChI is InChI=1S/C16H14N4O4/c1-22-14-7-11(8-15(9-14)23-2)16(21)24-13-5-3-12(4-6-13)20-10-17-18-19-20/h3-10H,1-2H3. The maximum absolute atomic E-state index is 12.3. The molecule has 0 fully saturated rings. The van der Waals surface area contributed by atoms with Crippen molar-refractivity contribution in [1.29, 1.82) is 0 Å². The summed E-state index contributed by atoms with van der Waals surface area (Å²) in [5.74, 6) is 0.909. The lowest BCUT2D eigenvalue weighted by Gasteiger charge is -2.09. The predicted molar refractivity (Wildman–Crippen MR) is 83.7 cm³/mol. The van der Waals surface area contributed by atoms with Gasteiger partial charge in [0, 0.05) is 6.07 Å². The Balaban J connectivity index is 1.77. The van der Waals surface area contributed by atoms with Crippen LogP contribution >= 0.6 is 0 Å². The van der Waals surface area contributed by atoms with E-state index < -0.39 is 5.97 Å². The van der Waals surface area contributed by atoms with Gasteiger partial charge in [0.15, 0.2) is 0 Å². The number of aromatic nitrogens is 4. The third kappa shape index (κ3) is 3.32. The highest BCUT2D eigenvalue weighted by atomic mass is 16.5. The fraction of sp³-hybridized carbons (Fsp3) is 0.125. The molecule has 3 rings (SSSR count). The molecule has 0 atom stereocenters. The van der Waals surface area contributed by atoms with Gasteiger partial charge in [0.1, 0.15) is 23.6 Å². The second kappa shape index (κ2) is 6.78. The average Bonchev–Trinajstić information content (AvgIpc) is 3.16. The summed E-state index contributed by atoms with van der Waals surface area (Å²) in [6, 6.07) is 11.6. The van der Waals surface area contributed by atoms with Crippen LogP contribution < -0.4 is 14.2 Å². The monoisotopic (exact) mass is 326 g/mol. The van der Waals surface area contributed by atoms with E-state index in [1.165, 1.54) is 25.2 Å². The maximum atomic E-state index is 12.3. The van der Waals surface area contributed by atoms with Crippen molar-refractivity contribution >= 4 is 5.97 Å². The van der Waals surface area contributed by atoms with Gasteiger partial charge in [-0.25, -0.2) is 9.48 Å². The summed E-state index contributed by atoms with van der Waals surface area (Å²) in [6.07, 6.45) is 1.48. The molecule has 0 aliphatic rings. The number of hydrogen-bond acceptors (Lipinski definition) is 7. The van der Waals surface area contributed by atoms with Crippen LogP contribution in [0, 0.1) is 0 Å². The Kier molecular flexibility index (Phi) is 4.37. The first-order chi connectivity index (χ1) is 11.7. The van der Waals surface area contributed by atoms with Crippen molar-refractivity contribution in [3.8, 4) is 22.9 Å². The highest BCUT2D eigenvalue weighted by Crippen LogP contribution is 2.24. The minimum absolute atomic E-state index is 0.329. The Morgan fingerprint density at radius 1 is 0.958 bits per heavy atom. The number of carbonyl (C=O) groups is 1. The Hall–Kier alpha value is -3.42. The van der Waals surface area contributed by atoms with Crippen molar-refractivity contribution in [1.82, 2.24) is 20.2 Å².